The number of ether oxygens (including phenoxy) is 1. The lowest BCUT2D eigenvalue weighted by Crippen LogP contribution is -2.45. The number of anilines is 2. The van der Waals surface area contributed by atoms with Crippen LogP contribution in [0.1, 0.15) is 22.0 Å². The molecule has 34 heavy (non-hydrogen) atoms. The number of nitrogens with zero attached hydrogens (tertiary/aromatic N) is 3. The molecule has 2 aromatic carbocycles. The van der Waals surface area contributed by atoms with Crippen LogP contribution in [0.3, 0.4) is 0 Å². The first-order valence-electron chi connectivity index (χ1n) is 10.9. The summed E-state index contributed by atoms with van der Waals surface area (Å²) in [6.07, 6.45) is 1.32. The zero-order chi connectivity index (χ0) is 24.0. The molecule has 0 bridgehead atoms. The van der Waals surface area contributed by atoms with Crippen molar-refractivity contribution in [2.24, 2.45) is 7.05 Å². The van der Waals surface area contributed by atoms with E-state index in [9.17, 15) is 14.7 Å². The van der Waals surface area contributed by atoms with Crippen molar-refractivity contribution < 1.29 is 14.6 Å². The van der Waals surface area contributed by atoms with Crippen molar-refractivity contribution in [2.45, 2.75) is 6.04 Å². The highest BCUT2D eigenvalue weighted by atomic mass is 16.5. The first-order chi connectivity index (χ1) is 16.4. The second-order valence-corrected chi connectivity index (χ2v) is 8.48. The van der Waals surface area contributed by atoms with Crippen molar-refractivity contribution in [3.63, 3.8) is 0 Å². The van der Waals surface area contributed by atoms with Crippen LogP contribution in [0, 0.1) is 0 Å². The number of carboxylic acid groups (broad SMARTS) is 1. The number of benzene rings is 2. The van der Waals surface area contributed by atoms with E-state index < -0.39 is 11.4 Å². The van der Waals surface area contributed by atoms with Gasteiger partial charge in [0.2, 0.25) is 5.43 Å². The fourth-order valence-electron chi connectivity index (χ4n) is 4.54. The number of pyridine rings is 2. The van der Waals surface area contributed by atoms with Crippen molar-refractivity contribution in [2.75, 3.05) is 37.4 Å². The predicted molar refractivity (Wildman–Crippen MR) is 132 cm³/mol. The number of carbonyl (C=O) groups is 1. The summed E-state index contributed by atoms with van der Waals surface area (Å²) < 4.78 is 6.96. The molecule has 1 unspecified atom stereocenters. The van der Waals surface area contributed by atoms with E-state index in [0.717, 1.165) is 41.8 Å². The highest BCUT2D eigenvalue weighted by Gasteiger charge is 2.22. The molecule has 3 heterocycles. The Bertz CT molecular complexity index is 1500. The minimum atomic E-state index is -1.25. The molecule has 9 nitrogen and oxygen atoms in total. The topological polar surface area (TPSA) is 123 Å². The van der Waals surface area contributed by atoms with Crippen molar-refractivity contribution >= 4 is 39.3 Å². The van der Waals surface area contributed by atoms with Crippen LogP contribution in [0.4, 0.5) is 11.4 Å². The molecule has 1 fully saturated rings. The first kappa shape index (κ1) is 21.7. The summed E-state index contributed by atoms with van der Waals surface area (Å²) in [4.78, 5) is 31.1. The number of nitrogen functional groups attached to an aromatic ring is 1. The number of methoxy groups -OCH3 is 1. The highest BCUT2D eigenvalue weighted by Crippen LogP contribution is 2.30. The summed E-state index contributed by atoms with van der Waals surface area (Å²) in [6.45, 7) is 2.40. The maximum Gasteiger partial charge on any atom is 0.341 e. The Morgan fingerprint density at radius 2 is 2.06 bits per heavy atom. The highest BCUT2D eigenvalue weighted by molar-refractivity contribution is 5.96. The summed E-state index contributed by atoms with van der Waals surface area (Å²) in [5.41, 5.74) is 9.11. The third-order valence-corrected chi connectivity index (χ3v) is 6.36. The molecule has 5 rings (SSSR count). The summed E-state index contributed by atoms with van der Waals surface area (Å²) in [5, 5.41) is 14.0. The maximum atomic E-state index is 12.7. The van der Waals surface area contributed by atoms with Gasteiger partial charge in [0.05, 0.1) is 23.7 Å². The van der Waals surface area contributed by atoms with Gasteiger partial charge in [0.25, 0.3) is 0 Å². The van der Waals surface area contributed by atoms with Gasteiger partial charge in [0.15, 0.2) is 0 Å². The molecule has 9 heteroatoms. The third kappa shape index (κ3) is 3.69. The third-order valence-electron chi connectivity index (χ3n) is 6.36. The Hall–Kier alpha value is -4.11. The number of piperazine rings is 1. The number of aromatic nitrogens is 2. The number of hydrogen-bond acceptors (Lipinski definition) is 7. The molecular formula is C25H25N5O4. The van der Waals surface area contributed by atoms with Gasteiger partial charge in [-0.05, 0) is 35.9 Å². The molecule has 0 aliphatic carbocycles. The average Bonchev–Trinajstić information content (AvgIpc) is 2.85. The van der Waals surface area contributed by atoms with Crippen LogP contribution in [0.5, 0.6) is 5.75 Å². The van der Waals surface area contributed by atoms with Gasteiger partial charge in [-0.25, -0.2) is 9.78 Å². The lowest BCUT2D eigenvalue weighted by Gasteiger charge is -2.35. The molecule has 0 spiro atoms. The van der Waals surface area contributed by atoms with E-state index in [-0.39, 0.29) is 11.6 Å². The number of aromatic carboxylic acids is 1. The lowest BCUT2D eigenvalue weighted by atomic mass is 10.0. The fraction of sp³-hybridized carbons (Fsp3) is 0.240. The van der Waals surface area contributed by atoms with Crippen molar-refractivity contribution in [1.82, 2.24) is 14.9 Å². The Kier molecular flexibility index (Phi) is 5.33. The van der Waals surface area contributed by atoms with Crippen LogP contribution < -0.4 is 26.1 Å². The molecule has 4 aromatic rings. The molecule has 2 aromatic heterocycles. The van der Waals surface area contributed by atoms with Gasteiger partial charge in [-0.1, -0.05) is 12.1 Å². The molecule has 1 aliphatic heterocycles. The molecular weight excluding hydrogens is 434 g/mol. The number of fused-ring (bicyclic) bond motifs is 2. The van der Waals surface area contributed by atoms with Crippen LogP contribution >= 0.6 is 0 Å². The van der Waals surface area contributed by atoms with Crippen molar-refractivity contribution in [3.05, 3.63) is 70.0 Å². The van der Waals surface area contributed by atoms with Gasteiger partial charge in [0, 0.05) is 50.0 Å². The van der Waals surface area contributed by atoms with E-state index >= 15 is 0 Å². The van der Waals surface area contributed by atoms with Crippen molar-refractivity contribution in [1.29, 1.82) is 0 Å². The molecule has 0 amide bonds. The number of carboxylic acids is 1. The summed E-state index contributed by atoms with van der Waals surface area (Å²) in [7, 11) is 3.30. The summed E-state index contributed by atoms with van der Waals surface area (Å²) in [6, 6.07) is 13.6. The van der Waals surface area contributed by atoms with E-state index in [4.69, 9.17) is 15.5 Å². The number of nitrogens with one attached hydrogen (secondary N) is 1. The van der Waals surface area contributed by atoms with E-state index in [2.05, 4.69) is 10.2 Å². The van der Waals surface area contributed by atoms with E-state index in [0.29, 0.717) is 22.5 Å². The van der Waals surface area contributed by atoms with Gasteiger partial charge >= 0.3 is 5.97 Å². The molecule has 1 aliphatic rings. The second kappa shape index (κ2) is 8.35. The van der Waals surface area contributed by atoms with Crippen LogP contribution in [-0.4, -0.2) is 47.4 Å². The van der Waals surface area contributed by atoms with Crippen LogP contribution in [-0.2, 0) is 7.05 Å². The largest absolute Gasteiger partial charge is 0.495 e. The standard InChI is InChI=1S/C25H25N5O4/c1-29-12-18(25(32)33)23(31)17-9-14-3-5-16(11-20(14)28-24(17)29)30-8-7-27-21(13-30)15-4-6-19(26)22(10-15)34-2/h3-6,9-12,21,27H,7-8,13,26H2,1-2H3,(H,32,33). The van der Waals surface area contributed by atoms with Crippen LogP contribution in [0.2, 0.25) is 0 Å². The van der Waals surface area contributed by atoms with Gasteiger partial charge in [-0.15, -0.1) is 0 Å². The number of nitrogens with two attached hydrogens (primary N) is 1. The zero-order valence-electron chi connectivity index (χ0n) is 18.9. The quantitative estimate of drug-likeness (QED) is 0.314. The smallest absolute Gasteiger partial charge is 0.341 e. The Labute approximate surface area is 195 Å². The molecule has 1 saturated heterocycles. The number of rotatable bonds is 4. The normalized spacial score (nSPS) is 16.2. The van der Waals surface area contributed by atoms with E-state index in [1.54, 1.807) is 24.8 Å². The monoisotopic (exact) mass is 459 g/mol. The molecule has 0 saturated carbocycles. The summed E-state index contributed by atoms with van der Waals surface area (Å²) in [5.74, 6) is -0.584. The summed E-state index contributed by atoms with van der Waals surface area (Å²) >= 11 is 0. The fourth-order valence-corrected chi connectivity index (χ4v) is 4.54. The molecule has 4 N–H and O–H groups in total. The van der Waals surface area contributed by atoms with Crippen molar-refractivity contribution in [3.8, 4) is 5.75 Å². The van der Waals surface area contributed by atoms with Crippen LogP contribution in [0.15, 0.2) is 53.5 Å². The van der Waals surface area contributed by atoms with Gasteiger partial charge < -0.3 is 30.4 Å². The Balaban J connectivity index is 1.51. The van der Waals surface area contributed by atoms with Gasteiger partial charge in [0.1, 0.15) is 17.0 Å². The van der Waals surface area contributed by atoms with Gasteiger partial charge in [-0.2, -0.15) is 0 Å². The second-order valence-electron chi connectivity index (χ2n) is 8.48. The lowest BCUT2D eigenvalue weighted by molar-refractivity contribution is 0.0695. The van der Waals surface area contributed by atoms with E-state index in [1.807, 2.05) is 36.4 Å². The molecule has 174 valence electrons. The minimum Gasteiger partial charge on any atom is -0.495 e. The minimum absolute atomic E-state index is 0.110. The zero-order valence-corrected chi connectivity index (χ0v) is 18.9. The Morgan fingerprint density at radius 3 is 2.82 bits per heavy atom. The molecule has 0 radical (unpaired) electrons. The Morgan fingerprint density at radius 1 is 1.24 bits per heavy atom. The maximum absolute atomic E-state index is 12.7. The first-order valence-corrected chi connectivity index (χ1v) is 10.9. The molecule has 1 atom stereocenters. The SMILES string of the molecule is COc1cc(C2CN(c3ccc4cc5c(=O)c(C(=O)O)cn(C)c5nc4c3)CCN2)ccc1N. The number of hydrogen-bond donors (Lipinski definition) is 3. The predicted octanol–water partition coefficient (Wildman–Crippen LogP) is 2.53. The average molecular weight is 460 g/mol. The number of aryl methyl sites for hydroxylation is 1. The van der Waals surface area contributed by atoms with Crippen LogP contribution in [0.25, 0.3) is 21.9 Å². The van der Waals surface area contributed by atoms with E-state index in [1.165, 1.54) is 6.20 Å². The van der Waals surface area contributed by atoms with Gasteiger partial charge in [-0.3, -0.25) is 4.79 Å².